The maximum Gasteiger partial charge on any atom is 0.0991 e. The predicted octanol–water partition coefficient (Wildman–Crippen LogP) is 3.07. The van der Waals surface area contributed by atoms with E-state index in [1.165, 1.54) is 11.1 Å². The molecule has 0 saturated heterocycles. The molecule has 13 heavy (non-hydrogen) atoms. The summed E-state index contributed by atoms with van der Waals surface area (Å²) in [5.74, 6) is 0. The van der Waals surface area contributed by atoms with Gasteiger partial charge in [-0.05, 0) is 38.0 Å². The van der Waals surface area contributed by atoms with Gasteiger partial charge in [-0.2, -0.15) is 5.26 Å². The van der Waals surface area contributed by atoms with Crippen molar-refractivity contribution in [3.05, 3.63) is 47.0 Å². The molecule has 0 heterocycles. The van der Waals surface area contributed by atoms with Crippen LogP contribution in [0.2, 0.25) is 0 Å². The third kappa shape index (κ3) is 2.76. The average Bonchev–Trinajstić information content (AvgIpc) is 2.18. The molecule has 0 fully saturated rings. The minimum Gasteiger partial charge on any atom is -0.192 e. The van der Waals surface area contributed by atoms with Gasteiger partial charge in [0, 0.05) is 0 Å². The Labute approximate surface area is 79.3 Å². The van der Waals surface area contributed by atoms with Gasteiger partial charge in [0.15, 0.2) is 0 Å². The van der Waals surface area contributed by atoms with Crippen LogP contribution in [0, 0.1) is 11.3 Å². The van der Waals surface area contributed by atoms with E-state index in [4.69, 9.17) is 5.26 Å². The Balaban J connectivity index is 2.85. The summed E-state index contributed by atoms with van der Waals surface area (Å²) in [4.78, 5) is 0. The van der Waals surface area contributed by atoms with E-state index in [2.05, 4.69) is 19.1 Å². The third-order valence-electron chi connectivity index (χ3n) is 2.03. The average molecular weight is 171 g/mol. The second kappa shape index (κ2) is 4.47. The standard InChI is InChI=1S/C12H13N/c1-3-10(2)7-11-5-4-6-12(8-11)9-13/h3-6,8H,7H2,1-2H3/b10-3+. The van der Waals surface area contributed by atoms with Crippen molar-refractivity contribution < 1.29 is 0 Å². The van der Waals surface area contributed by atoms with Crippen molar-refractivity contribution >= 4 is 0 Å². The lowest BCUT2D eigenvalue weighted by Gasteiger charge is -2.00. The Bertz CT molecular complexity index is 356. The van der Waals surface area contributed by atoms with Crippen molar-refractivity contribution in [2.24, 2.45) is 0 Å². The first kappa shape index (κ1) is 9.54. The smallest absolute Gasteiger partial charge is 0.0991 e. The first-order valence-corrected chi connectivity index (χ1v) is 4.37. The third-order valence-corrected chi connectivity index (χ3v) is 2.03. The molecule has 1 rings (SSSR count). The van der Waals surface area contributed by atoms with E-state index in [-0.39, 0.29) is 0 Å². The summed E-state index contributed by atoms with van der Waals surface area (Å²) in [6.45, 7) is 4.13. The Morgan fingerprint density at radius 3 is 2.92 bits per heavy atom. The molecule has 0 aromatic heterocycles. The van der Waals surface area contributed by atoms with Gasteiger partial charge >= 0.3 is 0 Å². The van der Waals surface area contributed by atoms with Crippen LogP contribution in [0.5, 0.6) is 0 Å². The molecule has 0 unspecified atom stereocenters. The van der Waals surface area contributed by atoms with Crippen LogP contribution < -0.4 is 0 Å². The fourth-order valence-electron chi connectivity index (χ4n) is 1.17. The summed E-state index contributed by atoms with van der Waals surface area (Å²) in [5.41, 5.74) is 3.27. The zero-order chi connectivity index (χ0) is 9.68. The summed E-state index contributed by atoms with van der Waals surface area (Å²) >= 11 is 0. The van der Waals surface area contributed by atoms with Gasteiger partial charge in [-0.25, -0.2) is 0 Å². The lowest BCUT2D eigenvalue weighted by molar-refractivity contribution is 1.13. The molecule has 1 nitrogen and oxygen atoms in total. The Morgan fingerprint density at radius 2 is 2.31 bits per heavy atom. The van der Waals surface area contributed by atoms with Crippen LogP contribution in [0.15, 0.2) is 35.9 Å². The zero-order valence-electron chi connectivity index (χ0n) is 8.04. The van der Waals surface area contributed by atoms with Crippen LogP contribution in [0.25, 0.3) is 0 Å². The molecule has 0 aliphatic heterocycles. The van der Waals surface area contributed by atoms with Crippen LogP contribution in [0.3, 0.4) is 0 Å². The summed E-state index contributed by atoms with van der Waals surface area (Å²) < 4.78 is 0. The fourth-order valence-corrected chi connectivity index (χ4v) is 1.17. The maximum absolute atomic E-state index is 8.69. The van der Waals surface area contributed by atoms with Gasteiger partial charge in [-0.3, -0.25) is 0 Å². The summed E-state index contributed by atoms with van der Waals surface area (Å²) in [7, 11) is 0. The second-order valence-corrected chi connectivity index (χ2v) is 3.12. The summed E-state index contributed by atoms with van der Waals surface area (Å²) in [6, 6.07) is 9.88. The van der Waals surface area contributed by atoms with E-state index in [0.717, 1.165) is 12.0 Å². The van der Waals surface area contributed by atoms with Crippen molar-refractivity contribution in [2.45, 2.75) is 20.3 Å². The highest BCUT2D eigenvalue weighted by Crippen LogP contribution is 2.09. The molecule has 0 saturated carbocycles. The molecular formula is C12H13N. The zero-order valence-corrected chi connectivity index (χ0v) is 8.04. The molecule has 0 aliphatic rings. The van der Waals surface area contributed by atoms with Crippen LogP contribution in [-0.4, -0.2) is 0 Å². The lowest BCUT2D eigenvalue weighted by Crippen LogP contribution is -1.87. The van der Waals surface area contributed by atoms with Crippen molar-refractivity contribution in [3.63, 3.8) is 0 Å². The van der Waals surface area contributed by atoms with E-state index in [0.29, 0.717) is 0 Å². The van der Waals surface area contributed by atoms with Gasteiger partial charge in [0.05, 0.1) is 11.6 Å². The molecule has 1 heteroatoms. The molecule has 1 aromatic rings. The van der Waals surface area contributed by atoms with E-state index in [1.54, 1.807) is 0 Å². The molecule has 0 aliphatic carbocycles. The number of benzene rings is 1. The van der Waals surface area contributed by atoms with Crippen molar-refractivity contribution in [1.82, 2.24) is 0 Å². The van der Waals surface area contributed by atoms with Gasteiger partial charge in [0.2, 0.25) is 0 Å². The first-order chi connectivity index (χ1) is 6.26. The van der Waals surface area contributed by atoms with E-state index < -0.39 is 0 Å². The molecule has 0 bridgehead atoms. The first-order valence-electron chi connectivity index (χ1n) is 4.37. The van der Waals surface area contributed by atoms with Crippen LogP contribution in [0.1, 0.15) is 25.0 Å². The highest BCUT2D eigenvalue weighted by molar-refractivity contribution is 5.34. The van der Waals surface area contributed by atoms with Crippen LogP contribution >= 0.6 is 0 Å². The van der Waals surface area contributed by atoms with Gasteiger partial charge in [-0.15, -0.1) is 0 Å². The normalized spacial score (nSPS) is 11.0. The fraction of sp³-hybridized carbons (Fsp3) is 0.250. The van der Waals surface area contributed by atoms with E-state index in [1.807, 2.05) is 31.2 Å². The monoisotopic (exact) mass is 171 g/mol. The maximum atomic E-state index is 8.69. The SMILES string of the molecule is C/C=C(\C)Cc1cccc(C#N)c1. The Morgan fingerprint density at radius 1 is 1.54 bits per heavy atom. The molecule has 0 atom stereocenters. The molecule has 1 aromatic carbocycles. The second-order valence-electron chi connectivity index (χ2n) is 3.12. The molecule has 0 amide bonds. The highest BCUT2D eigenvalue weighted by Gasteiger charge is 1.95. The van der Waals surface area contributed by atoms with Gasteiger partial charge in [0.1, 0.15) is 0 Å². The molecule has 0 spiro atoms. The Hall–Kier alpha value is -1.55. The minimum atomic E-state index is 0.737. The summed E-state index contributed by atoms with van der Waals surface area (Å²) in [5, 5.41) is 8.69. The topological polar surface area (TPSA) is 23.8 Å². The number of nitriles is 1. The molecule has 0 N–H and O–H groups in total. The van der Waals surface area contributed by atoms with Crippen LogP contribution in [-0.2, 0) is 6.42 Å². The van der Waals surface area contributed by atoms with Crippen LogP contribution in [0.4, 0.5) is 0 Å². The van der Waals surface area contributed by atoms with Gasteiger partial charge < -0.3 is 0 Å². The quantitative estimate of drug-likeness (QED) is 0.627. The minimum absolute atomic E-state index is 0.737. The molecule has 66 valence electrons. The molecular weight excluding hydrogens is 158 g/mol. The van der Waals surface area contributed by atoms with Crippen molar-refractivity contribution in [2.75, 3.05) is 0 Å². The Kier molecular flexibility index (Phi) is 3.28. The number of hydrogen-bond donors (Lipinski definition) is 0. The van der Waals surface area contributed by atoms with E-state index >= 15 is 0 Å². The number of allylic oxidation sites excluding steroid dienone is 2. The lowest BCUT2D eigenvalue weighted by atomic mass is 10.0. The summed E-state index contributed by atoms with van der Waals surface area (Å²) in [6.07, 6.45) is 3.03. The largest absolute Gasteiger partial charge is 0.192 e. The van der Waals surface area contributed by atoms with E-state index in [9.17, 15) is 0 Å². The van der Waals surface area contributed by atoms with Crippen molar-refractivity contribution in [3.8, 4) is 6.07 Å². The number of rotatable bonds is 2. The number of nitrogens with zero attached hydrogens (tertiary/aromatic N) is 1. The van der Waals surface area contributed by atoms with Gasteiger partial charge in [0.25, 0.3) is 0 Å². The predicted molar refractivity (Wildman–Crippen MR) is 54.3 cm³/mol. The van der Waals surface area contributed by atoms with Crippen molar-refractivity contribution in [1.29, 1.82) is 5.26 Å². The highest BCUT2D eigenvalue weighted by atomic mass is 14.2. The molecule has 0 radical (unpaired) electrons. The number of hydrogen-bond acceptors (Lipinski definition) is 1. The van der Waals surface area contributed by atoms with Gasteiger partial charge in [-0.1, -0.05) is 23.8 Å².